The highest BCUT2D eigenvalue weighted by Crippen LogP contribution is 2.31. The van der Waals surface area contributed by atoms with Gasteiger partial charge in [0.05, 0.1) is 11.5 Å². The van der Waals surface area contributed by atoms with E-state index in [2.05, 4.69) is 20.6 Å². The molecule has 0 fully saturated rings. The molecule has 2 amide bonds. The summed E-state index contributed by atoms with van der Waals surface area (Å²) < 4.78 is 0. The Kier molecular flexibility index (Phi) is 6.14. The first kappa shape index (κ1) is 21.8. The molecule has 2 heterocycles. The molecular weight excluding hydrogens is 424 g/mol. The standard InChI is InChI=1S/C24H24N4O3S/c1-13-4-6-16(7-5-13)12-32-24-27-21-20(23(31)28-24)18(11-19(29)26-21)22(30)25-17-9-14(2)8-15(3)10-17/h4-10,18H,11-12H2,1-3H3,(H,25,30)(H2,26,27,28,29,31)/t18-/m1/s1. The van der Waals surface area contributed by atoms with Crippen LogP contribution in [-0.4, -0.2) is 21.8 Å². The summed E-state index contributed by atoms with van der Waals surface area (Å²) in [6.45, 7) is 5.90. The summed E-state index contributed by atoms with van der Waals surface area (Å²) >= 11 is 1.36. The zero-order chi connectivity index (χ0) is 22.8. The summed E-state index contributed by atoms with van der Waals surface area (Å²) in [7, 11) is 0. The van der Waals surface area contributed by atoms with E-state index in [0.29, 0.717) is 16.6 Å². The van der Waals surface area contributed by atoms with Gasteiger partial charge in [-0.15, -0.1) is 0 Å². The molecule has 1 aromatic heterocycles. The van der Waals surface area contributed by atoms with Crippen LogP contribution in [-0.2, 0) is 15.3 Å². The van der Waals surface area contributed by atoms with E-state index in [-0.39, 0.29) is 23.7 Å². The molecule has 3 aromatic rings. The number of carbonyl (C=O) groups is 2. The lowest BCUT2D eigenvalue weighted by Crippen LogP contribution is -2.36. The molecule has 0 unspecified atom stereocenters. The fourth-order valence-corrected chi connectivity index (χ4v) is 4.57. The highest BCUT2D eigenvalue weighted by Gasteiger charge is 2.34. The van der Waals surface area contributed by atoms with E-state index in [1.807, 2.05) is 63.2 Å². The monoisotopic (exact) mass is 448 g/mol. The third-order valence-electron chi connectivity index (χ3n) is 5.23. The molecule has 0 saturated carbocycles. The third kappa shape index (κ3) is 4.91. The number of aromatic amines is 1. The van der Waals surface area contributed by atoms with Crippen molar-refractivity contribution in [3.63, 3.8) is 0 Å². The summed E-state index contributed by atoms with van der Waals surface area (Å²) in [6.07, 6.45) is -0.107. The Morgan fingerprint density at radius 2 is 1.75 bits per heavy atom. The third-order valence-corrected chi connectivity index (χ3v) is 6.18. The van der Waals surface area contributed by atoms with Gasteiger partial charge in [0.2, 0.25) is 11.8 Å². The second-order valence-corrected chi connectivity index (χ2v) is 9.04. The minimum absolute atomic E-state index is 0.107. The minimum atomic E-state index is -0.910. The van der Waals surface area contributed by atoms with Gasteiger partial charge in [-0.25, -0.2) is 4.98 Å². The van der Waals surface area contributed by atoms with Gasteiger partial charge in [-0.3, -0.25) is 14.4 Å². The molecule has 7 nitrogen and oxygen atoms in total. The molecule has 1 aliphatic heterocycles. The van der Waals surface area contributed by atoms with E-state index in [4.69, 9.17) is 0 Å². The van der Waals surface area contributed by atoms with Gasteiger partial charge in [-0.05, 0) is 49.6 Å². The number of anilines is 2. The number of amides is 2. The summed E-state index contributed by atoms with van der Waals surface area (Å²) in [5.41, 5.74) is 4.69. The van der Waals surface area contributed by atoms with E-state index < -0.39 is 17.4 Å². The Bertz CT molecular complexity index is 1230. The second kappa shape index (κ2) is 9.00. The maximum Gasteiger partial charge on any atom is 0.257 e. The Labute approximate surface area is 190 Å². The van der Waals surface area contributed by atoms with Crippen molar-refractivity contribution in [1.82, 2.24) is 9.97 Å². The molecule has 4 rings (SSSR count). The fraction of sp³-hybridized carbons (Fsp3) is 0.250. The number of fused-ring (bicyclic) bond motifs is 1. The molecule has 0 spiro atoms. The van der Waals surface area contributed by atoms with E-state index >= 15 is 0 Å². The van der Waals surface area contributed by atoms with Crippen LogP contribution in [0.1, 0.15) is 40.2 Å². The van der Waals surface area contributed by atoms with Crippen molar-refractivity contribution in [3.05, 3.63) is 80.6 Å². The van der Waals surface area contributed by atoms with E-state index in [9.17, 15) is 14.4 Å². The molecular formula is C24H24N4O3S. The molecule has 3 N–H and O–H groups in total. The van der Waals surface area contributed by atoms with Crippen molar-refractivity contribution in [1.29, 1.82) is 0 Å². The number of benzene rings is 2. The lowest BCUT2D eigenvalue weighted by molar-refractivity contribution is -0.123. The number of carbonyl (C=O) groups excluding carboxylic acids is 2. The predicted octanol–water partition coefficient (Wildman–Crippen LogP) is 4.05. The molecule has 2 aromatic carbocycles. The summed E-state index contributed by atoms with van der Waals surface area (Å²) in [5, 5.41) is 5.89. The van der Waals surface area contributed by atoms with Crippen molar-refractivity contribution in [2.45, 2.75) is 44.0 Å². The van der Waals surface area contributed by atoms with Crippen molar-refractivity contribution in [3.8, 4) is 0 Å². The topological polar surface area (TPSA) is 104 Å². The quantitative estimate of drug-likeness (QED) is 0.403. The molecule has 8 heteroatoms. The Hall–Kier alpha value is -3.39. The van der Waals surface area contributed by atoms with Crippen molar-refractivity contribution >= 4 is 35.1 Å². The molecule has 32 heavy (non-hydrogen) atoms. The summed E-state index contributed by atoms with van der Waals surface area (Å²) in [4.78, 5) is 45.3. The van der Waals surface area contributed by atoms with Gasteiger partial charge in [0.1, 0.15) is 5.82 Å². The number of rotatable bonds is 5. The van der Waals surface area contributed by atoms with Crippen LogP contribution in [0, 0.1) is 20.8 Å². The number of nitrogens with zero attached hydrogens (tertiary/aromatic N) is 1. The van der Waals surface area contributed by atoms with Gasteiger partial charge in [-0.1, -0.05) is 47.7 Å². The van der Waals surface area contributed by atoms with Gasteiger partial charge in [-0.2, -0.15) is 0 Å². The van der Waals surface area contributed by atoms with Gasteiger partial charge >= 0.3 is 0 Å². The summed E-state index contributed by atoms with van der Waals surface area (Å²) in [5.74, 6) is -0.889. The maximum absolute atomic E-state index is 13.0. The fourth-order valence-electron chi connectivity index (χ4n) is 3.76. The van der Waals surface area contributed by atoms with Crippen LogP contribution in [0.4, 0.5) is 11.5 Å². The molecule has 164 valence electrons. The van der Waals surface area contributed by atoms with Crippen LogP contribution in [0.5, 0.6) is 0 Å². The van der Waals surface area contributed by atoms with Crippen LogP contribution in [0.25, 0.3) is 0 Å². The smallest absolute Gasteiger partial charge is 0.257 e. The number of aryl methyl sites for hydroxylation is 3. The normalized spacial score (nSPS) is 15.1. The average Bonchev–Trinajstić information content (AvgIpc) is 2.71. The number of nitrogens with one attached hydrogen (secondary N) is 3. The highest BCUT2D eigenvalue weighted by atomic mass is 32.2. The highest BCUT2D eigenvalue weighted by molar-refractivity contribution is 7.98. The number of H-pyrrole nitrogens is 1. The van der Waals surface area contributed by atoms with Crippen LogP contribution in [0.3, 0.4) is 0 Å². The second-order valence-electron chi connectivity index (χ2n) is 8.08. The van der Waals surface area contributed by atoms with Crippen LogP contribution in [0.2, 0.25) is 0 Å². The van der Waals surface area contributed by atoms with Gasteiger partial charge in [0.25, 0.3) is 5.56 Å². The van der Waals surface area contributed by atoms with Crippen LogP contribution < -0.4 is 16.2 Å². The lowest BCUT2D eigenvalue weighted by atomic mass is 9.92. The van der Waals surface area contributed by atoms with Gasteiger partial charge in [0, 0.05) is 17.9 Å². The minimum Gasteiger partial charge on any atom is -0.326 e. The lowest BCUT2D eigenvalue weighted by Gasteiger charge is -2.23. The number of hydrogen-bond donors (Lipinski definition) is 3. The van der Waals surface area contributed by atoms with E-state index in [1.165, 1.54) is 17.3 Å². The molecule has 1 aliphatic rings. The number of aromatic nitrogens is 2. The first-order valence-electron chi connectivity index (χ1n) is 10.3. The van der Waals surface area contributed by atoms with Crippen molar-refractivity contribution in [2.75, 3.05) is 10.6 Å². The van der Waals surface area contributed by atoms with E-state index in [1.54, 1.807) is 0 Å². The average molecular weight is 449 g/mol. The maximum atomic E-state index is 13.0. The molecule has 0 saturated heterocycles. The number of hydrogen-bond acceptors (Lipinski definition) is 5. The van der Waals surface area contributed by atoms with Crippen molar-refractivity contribution < 1.29 is 9.59 Å². The molecule has 0 bridgehead atoms. The largest absolute Gasteiger partial charge is 0.326 e. The number of thioether (sulfide) groups is 1. The van der Waals surface area contributed by atoms with Gasteiger partial charge in [0.15, 0.2) is 5.16 Å². The molecule has 0 aliphatic carbocycles. The molecule has 1 atom stereocenters. The van der Waals surface area contributed by atoms with E-state index in [0.717, 1.165) is 16.7 Å². The van der Waals surface area contributed by atoms with Crippen LogP contribution in [0.15, 0.2) is 52.4 Å². The van der Waals surface area contributed by atoms with Gasteiger partial charge < -0.3 is 15.6 Å². The predicted molar refractivity (Wildman–Crippen MR) is 126 cm³/mol. The van der Waals surface area contributed by atoms with Crippen molar-refractivity contribution in [2.24, 2.45) is 0 Å². The zero-order valence-electron chi connectivity index (χ0n) is 18.1. The summed E-state index contributed by atoms with van der Waals surface area (Å²) in [6, 6.07) is 13.8. The first-order valence-corrected chi connectivity index (χ1v) is 11.3. The zero-order valence-corrected chi connectivity index (χ0v) is 18.9. The SMILES string of the molecule is Cc1ccc(CSc2nc3c(c(=O)[nH]2)[C@H](C(=O)Nc2cc(C)cc(C)c2)CC(=O)N3)cc1. The Balaban J connectivity index is 1.57. The first-order chi connectivity index (χ1) is 15.3. The van der Waals surface area contributed by atoms with Crippen LogP contribution >= 0.6 is 11.8 Å². The molecule has 0 radical (unpaired) electrons. The Morgan fingerprint density at radius 3 is 2.44 bits per heavy atom. The Morgan fingerprint density at radius 1 is 1.06 bits per heavy atom.